The number of amides is 1. The van der Waals surface area contributed by atoms with Gasteiger partial charge in [0.15, 0.2) is 16.1 Å². The zero-order valence-corrected chi connectivity index (χ0v) is 19.0. The highest BCUT2D eigenvalue weighted by Gasteiger charge is 2.17. The second-order valence-corrected chi connectivity index (χ2v) is 8.43. The highest BCUT2D eigenvalue weighted by molar-refractivity contribution is 7.99. The van der Waals surface area contributed by atoms with Crippen molar-refractivity contribution in [3.8, 4) is 28.4 Å². The first-order valence-electron chi connectivity index (χ1n) is 9.79. The number of halogens is 1. The smallest absolute Gasteiger partial charge is 0.236 e. The first kappa shape index (κ1) is 22.0. The van der Waals surface area contributed by atoms with Crippen LogP contribution in [0, 0.1) is 5.82 Å². The van der Waals surface area contributed by atoms with E-state index in [1.54, 1.807) is 19.2 Å². The number of hydrogen-bond acceptors (Lipinski definition) is 7. The van der Waals surface area contributed by atoms with E-state index in [0.29, 0.717) is 34.1 Å². The maximum Gasteiger partial charge on any atom is 0.236 e. The quantitative estimate of drug-likeness (QED) is 0.367. The van der Waals surface area contributed by atoms with E-state index in [9.17, 15) is 9.18 Å². The number of thioether (sulfide) groups is 1. The van der Waals surface area contributed by atoms with E-state index in [1.807, 2.05) is 41.1 Å². The minimum Gasteiger partial charge on any atom is -0.496 e. The summed E-state index contributed by atoms with van der Waals surface area (Å²) in [6.07, 6.45) is 0. The van der Waals surface area contributed by atoms with E-state index in [-0.39, 0.29) is 17.5 Å². The molecule has 1 N–H and O–H groups in total. The number of aromatic nitrogens is 4. The standard InChI is InChI=1S/C22H20FN5O2S2/c1-3-28-20(16-6-4-5-7-18(16)30-2)26-27-22(28)32-13-19(29)25-21-24-17(12-31-21)14-8-10-15(23)11-9-14/h4-12H,3,13H2,1-2H3,(H,24,25,29). The fourth-order valence-electron chi connectivity index (χ4n) is 3.08. The van der Waals surface area contributed by atoms with E-state index >= 15 is 0 Å². The molecule has 2 aromatic carbocycles. The molecule has 4 rings (SSSR count). The number of benzene rings is 2. The van der Waals surface area contributed by atoms with Crippen molar-refractivity contribution in [2.24, 2.45) is 0 Å². The summed E-state index contributed by atoms with van der Waals surface area (Å²) in [5, 5.41) is 14.3. The molecule has 32 heavy (non-hydrogen) atoms. The Morgan fingerprint density at radius 2 is 1.97 bits per heavy atom. The van der Waals surface area contributed by atoms with Gasteiger partial charge in [0.2, 0.25) is 5.91 Å². The van der Waals surface area contributed by atoms with Crippen molar-refractivity contribution in [2.45, 2.75) is 18.6 Å². The molecule has 164 valence electrons. The fraction of sp³-hybridized carbons (Fsp3) is 0.182. The molecule has 0 saturated heterocycles. The van der Waals surface area contributed by atoms with Crippen LogP contribution in [0.2, 0.25) is 0 Å². The largest absolute Gasteiger partial charge is 0.496 e. The third kappa shape index (κ3) is 4.81. The molecule has 0 aliphatic heterocycles. The number of anilines is 1. The van der Waals surface area contributed by atoms with Gasteiger partial charge in [-0.3, -0.25) is 4.79 Å². The first-order valence-corrected chi connectivity index (χ1v) is 11.7. The van der Waals surface area contributed by atoms with Crippen molar-refractivity contribution in [1.29, 1.82) is 0 Å². The molecule has 10 heteroatoms. The number of methoxy groups -OCH3 is 1. The summed E-state index contributed by atoms with van der Waals surface area (Å²) in [6, 6.07) is 13.7. The molecule has 1 amide bonds. The first-order chi connectivity index (χ1) is 15.6. The maximum atomic E-state index is 13.1. The van der Waals surface area contributed by atoms with Gasteiger partial charge in [-0.2, -0.15) is 0 Å². The van der Waals surface area contributed by atoms with Crippen LogP contribution in [0.5, 0.6) is 5.75 Å². The van der Waals surface area contributed by atoms with E-state index in [0.717, 1.165) is 11.1 Å². The maximum absolute atomic E-state index is 13.1. The van der Waals surface area contributed by atoms with Crippen LogP contribution >= 0.6 is 23.1 Å². The Morgan fingerprint density at radius 1 is 1.19 bits per heavy atom. The topological polar surface area (TPSA) is 81.9 Å². The van der Waals surface area contributed by atoms with Gasteiger partial charge in [-0.15, -0.1) is 21.5 Å². The normalized spacial score (nSPS) is 10.8. The van der Waals surface area contributed by atoms with Crippen molar-refractivity contribution in [3.63, 3.8) is 0 Å². The van der Waals surface area contributed by atoms with Gasteiger partial charge in [-0.05, 0) is 43.3 Å². The third-order valence-corrected chi connectivity index (χ3v) is 6.33. The number of carbonyl (C=O) groups is 1. The predicted molar refractivity (Wildman–Crippen MR) is 125 cm³/mol. The summed E-state index contributed by atoms with van der Waals surface area (Å²) < 4.78 is 20.5. The second-order valence-electron chi connectivity index (χ2n) is 6.63. The van der Waals surface area contributed by atoms with E-state index in [2.05, 4.69) is 20.5 Å². The molecular weight excluding hydrogens is 449 g/mol. The van der Waals surface area contributed by atoms with Crippen molar-refractivity contribution in [2.75, 3.05) is 18.2 Å². The van der Waals surface area contributed by atoms with Crippen LogP contribution < -0.4 is 10.1 Å². The Labute approximate surface area is 192 Å². The molecule has 4 aromatic rings. The van der Waals surface area contributed by atoms with Crippen LogP contribution in [0.1, 0.15) is 6.92 Å². The molecule has 0 bridgehead atoms. The molecule has 0 aliphatic carbocycles. The fourth-order valence-corrected chi connectivity index (χ4v) is 4.62. The van der Waals surface area contributed by atoms with Gasteiger partial charge >= 0.3 is 0 Å². The summed E-state index contributed by atoms with van der Waals surface area (Å²) in [5.41, 5.74) is 2.32. The van der Waals surface area contributed by atoms with Crippen LogP contribution in [0.4, 0.5) is 9.52 Å². The summed E-state index contributed by atoms with van der Waals surface area (Å²) in [5.74, 6) is 1.07. The van der Waals surface area contributed by atoms with Gasteiger partial charge in [0.1, 0.15) is 11.6 Å². The molecule has 0 atom stereocenters. The lowest BCUT2D eigenvalue weighted by Crippen LogP contribution is -2.14. The number of para-hydroxylation sites is 1. The molecule has 2 aromatic heterocycles. The van der Waals surface area contributed by atoms with Crippen LogP contribution in [-0.4, -0.2) is 38.5 Å². The Hall–Kier alpha value is -3.24. The zero-order valence-electron chi connectivity index (χ0n) is 17.4. The van der Waals surface area contributed by atoms with Crippen LogP contribution in [0.25, 0.3) is 22.6 Å². The number of carbonyl (C=O) groups excluding carboxylic acids is 1. The zero-order chi connectivity index (χ0) is 22.5. The average Bonchev–Trinajstić information content (AvgIpc) is 3.44. The van der Waals surface area contributed by atoms with Crippen LogP contribution in [0.3, 0.4) is 0 Å². The minimum absolute atomic E-state index is 0.162. The number of thiazole rings is 1. The van der Waals surface area contributed by atoms with E-state index in [1.165, 1.54) is 35.2 Å². The van der Waals surface area contributed by atoms with Gasteiger partial charge in [0.25, 0.3) is 0 Å². The Kier molecular flexibility index (Phi) is 6.81. The third-order valence-electron chi connectivity index (χ3n) is 4.60. The van der Waals surface area contributed by atoms with Crippen molar-refractivity contribution in [1.82, 2.24) is 19.7 Å². The lowest BCUT2D eigenvalue weighted by Gasteiger charge is -2.10. The average molecular weight is 470 g/mol. The summed E-state index contributed by atoms with van der Waals surface area (Å²) in [7, 11) is 1.62. The van der Waals surface area contributed by atoms with Crippen molar-refractivity contribution < 1.29 is 13.9 Å². The number of nitrogens with one attached hydrogen (secondary N) is 1. The summed E-state index contributed by atoms with van der Waals surface area (Å²) >= 11 is 2.62. The minimum atomic E-state index is -0.302. The van der Waals surface area contributed by atoms with Crippen LogP contribution in [-0.2, 0) is 11.3 Å². The van der Waals surface area contributed by atoms with Gasteiger partial charge < -0.3 is 14.6 Å². The molecule has 0 saturated carbocycles. The second kappa shape index (κ2) is 9.92. The highest BCUT2D eigenvalue weighted by atomic mass is 32.2. The van der Waals surface area contributed by atoms with Gasteiger partial charge in [-0.1, -0.05) is 23.9 Å². The summed E-state index contributed by atoms with van der Waals surface area (Å²) in [6.45, 7) is 2.65. The molecule has 0 fully saturated rings. The van der Waals surface area contributed by atoms with Crippen molar-refractivity contribution in [3.05, 3.63) is 59.7 Å². The number of ether oxygens (including phenoxy) is 1. The number of rotatable bonds is 8. The number of hydrogen-bond donors (Lipinski definition) is 1. The van der Waals surface area contributed by atoms with E-state index in [4.69, 9.17) is 4.74 Å². The molecule has 7 nitrogen and oxygen atoms in total. The Bertz CT molecular complexity index is 1220. The number of nitrogens with zero attached hydrogens (tertiary/aromatic N) is 4. The molecule has 0 unspecified atom stereocenters. The van der Waals surface area contributed by atoms with Gasteiger partial charge in [0, 0.05) is 17.5 Å². The Morgan fingerprint density at radius 3 is 2.72 bits per heavy atom. The van der Waals surface area contributed by atoms with Gasteiger partial charge in [-0.25, -0.2) is 9.37 Å². The molecule has 0 radical (unpaired) electrons. The van der Waals surface area contributed by atoms with Crippen LogP contribution in [0.15, 0.2) is 59.1 Å². The molecule has 2 heterocycles. The highest BCUT2D eigenvalue weighted by Crippen LogP contribution is 2.31. The SMILES string of the molecule is CCn1c(SCC(=O)Nc2nc(-c3ccc(F)cc3)cs2)nnc1-c1ccccc1OC. The molecule has 0 spiro atoms. The lowest BCUT2D eigenvalue weighted by atomic mass is 10.2. The Balaban J connectivity index is 1.41. The predicted octanol–water partition coefficient (Wildman–Crippen LogP) is 4.97. The summed E-state index contributed by atoms with van der Waals surface area (Å²) in [4.78, 5) is 16.9. The molecular formula is C22H20FN5O2S2. The monoisotopic (exact) mass is 469 g/mol. The van der Waals surface area contributed by atoms with E-state index < -0.39 is 0 Å². The lowest BCUT2D eigenvalue weighted by molar-refractivity contribution is -0.113. The molecule has 0 aliphatic rings. The van der Waals surface area contributed by atoms with Gasteiger partial charge in [0.05, 0.1) is 24.1 Å². The van der Waals surface area contributed by atoms with Crippen molar-refractivity contribution >= 4 is 34.1 Å².